The number of carbonyl (C=O) groups excluding carboxylic acids is 1. The number of likely N-dealkylation sites (tertiary alicyclic amines) is 1. The summed E-state index contributed by atoms with van der Waals surface area (Å²) in [4.78, 5) is 13.1. The van der Waals surface area contributed by atoms with Gasteiger partial charge in [0.15, 0.2) is 0 Å². The number of rotatable bonds is 8. The molecule has 1 fully saturated rings. The highest BCUT2D eigenvalue weighted by Gasteiger charge is 2.08. The van der Waals surface area contributed by atoms with Crippen molar-refractivity contribution < 1.29 is 9.53 Å². The molecule has 0 spiro atoms. The van der Waals surface area contributed by atoms with Crippen LogP contribution in [0, 0.1) is 0 Å². The van der Waals surface area contributed by atoms with Crippen molar-refractivity contribution in [1.29, 1.82) is 0 Å². The number of hydrogen-bond donors (Lipinski definition) is 0. The van der Waals surface area contributed by atoms with Gasteiger partial charge in [0.25, 0.3) is 0 Å². The third-order valence-corrected chi connectivity index (χ3v) is 3.85. The van der Waals surface area contributed by atoms with Crippen molar-refractivity contribution in [1.82, 2.24) is 4.90 Å². The molecule has 1 aromatic rings. The zero-order valence-corrected chi connectivity index (χ0v) is 12.2. The van der Waals surface area contributed by atoms with Crippen LogP contribution in [0.3, 0.4) is 0 Å². The van der Waals surface area contributed by atoms with Gasteiger partial charge in [-0.1, -0.05) is 6.42 Å². The minimum atomic E-state index is 0.693. The third kappa shape index (κ3) is 5.33. The molecule has 1 aliphatic rings. The molecule has 1 heterocycles. The average Bonchev–Trinajstić information content (AvgIpc) is 2.52. The molecule has 1 saturated heterocycles. The molecule has 0 atom stereocenters. The molecule has 0 aromatic heterocycles. The van der Waals surface area contributed by atoms with Crippen molar-refractivity contribution in [3.8, 4) is 5.75 Å². The van der Waals surface area contributed by atoms with Crippen LogP contribution >= 0.6 is 0 Å². The highest BCUT2D eigenvalue weighted by molar-refractivity contribution is 5.74. The summed E-state index contributed by atoms with van der Waals surface area (Å²) in [7, 11) is 0. The Bertz CT molecular complexity index is 382. The average molecular weight is 275 g/mol. The third-order valence-electron chi connectivity index (χ3n) is 3.85. The van der Waals surface area contributed by atoms with Crippen LogP contribution in [0.5, 0.6) is 5.75 Å². The summed E-state index contributed by atoms with van der Waals surface area (Å²) in [5.74, 6) is 0.853. The normalized spacial score (nSPS) is 16.0. The van der Waals surface area contributed by atoms with E-state index in [1.807, 2.05) is 12.1 Å². The van der Waals surface area contributed by atoms with Crippen LogP contribution in [0.4, 0.5) is 0 Å². The van der Waals surface area contributed by atoms with Gasteiger partial charge in [0.05, 0.1) is 6.61 Å². The van der Waals surface area contributed by atoms with Crippen LogP contribution in [0.25, 0.3) is 0 Å². The van der Waals surface area contributed by atoms with Gasteiger partial charge in [0.1, 0.15) is 12.0 Å². The fourth-order valence-corrected chi connectivity index (χ4v) is 2.63. The van der Waals surface area contributed by atoms with Gasteiger partial charge in [-0.05, 0) is 76.0 Å². The lowest BCUT2D eigenvalue weighted by Crippen LogP contribution is -2.30. The molecule has 0 bridgehead atoms. The topological polar surface area (TPSA) is 29.5 Å². The van der Waals surface area contributed by atoms with E-state index in [0.717, 1.165) is 25.1 Å². The van der Waals surface area contributed by atoms with E-state index in [2.05, 4.69) is 4.90 Å². The van der Waals surface area contributed by atoms with Gasteiger partial charge in [-0.3, -0.25) is 4.79 Å². The lowest BCUT2D eigenvalue weighted by Gasteiger charge is -2.26. The van der Waals surface area contributed by atoms with E-state index < -0.39 is 0 Å². The van der Waals surface area contributed by atoms with Crippen LogP contribution in [0.1, 0.15) is 48.9 Å². The number of carbonyl (C=O) groups is 1. The number of aldehydes is 1. The highest BCUT2D eigenvalue weighted by Crippen LogP contribution is 2.13. The first kappa shape index (κ1) is 15.0. The van der Waals surface area contributed by atoms with Crippen molar-refractivity contribution in [2.75, 3.05) is 26.2 Å². The number of hydrogen-bond acceptors (Lipinski definition) is 3. The Morgan fingerprint density at radius 3 is 2.45 bits per heavy atom. The Morgan fingerprint density at radius 2 is 1.75 bits per heavy atom. The second kappa shape index (κ2) is 8.75. The van der Waals surface area contributed by atoms with Crippen molar-refractivity contribution >= 4 is 6.29 Å². The maximum atomic E-state index is 10.5. The first-order valence-electron chi connectivity index (χ1n) is 7.79. The zero-order chi connectivity index (χ0) is 14.0. The van der Waals surface area contributed by atoms with E-state index in [9.17, 15) is 4.79 Å². The van der Waals surface area contributed by atoms with Crippen molar-refractivity contribution in [2.24, 2.45) is 0 Å². The summed E-state index contributed by atoms with van der Waals surface area (Å²) in [6, 6.07) is 7.30. The molecule has 0 aliphatic carbocycles. The van der Waals surface area contributed by atoms with E-state index >= 15 is 0 Å². The van der Waals surface area contributed by atoms with E-state index in [1.165, 1.54) is 51.7 Å². The van der Waals surface area contributed by atoms with Crippen LogP contribution in [0.15, 0.2) is 24.3 Å². The Balaban J connectivity index is 1.51. The van der Waals surface area contributed by atoms with Gasteiger partial charge in [-0.25, -0.2) is 0 Å². The predicted octanol–water partition coefficient (Wildman–Crippen LogP) is 3.53. The molecule has 3 heteroatoms. The fraction of sp³-hybridized carbons (Fsp3) is 0.588. The summed E-state index contributed by atoms with van der Waals surface area (Å²) in [5, 5.41) is 0. The van der Waals surface area contributed by atoms with Crippen molar-refractivity contribution in [3.05, 3.63) is 29.8 Å². The second-order valence-electron chi connectivity index (χ2n) is 5.50. The van der Waals surface area contributed by atoms with Crippen LogP contribution in [-0.2, 0) is 0 Å². The number of piperidine rings is 1. The molecule has 1 aliphatic heterocycles. The second-order valence-corrected chi connectivity index (χ2v) is 5.50. The quantitative estimate of drug-likeness (QED) is 0.537. The van der Waals surface area contributed by atoms with Crippen molar-refractivity contribution in [3.63, 3.8) is 0 Å². The summed E-state index contributed by atoms with van der Waals surface area (Å²) >= 11 is 0. The first-order valence-corrected chi connectivity index (χ1v) is 7.79. The summed E-state index contributed by atoms with van der Waals surface area (Å²) in [6.45, 7) is 4.59. The number of unbranched alkanes of at least 4 members (excludes halogenated alkanes) is 2. The zero-order valence-electron chi connectivity index (χ0n) is 12.2. The predicted molar refractivity (Wildman–Crippen MR) is 81.5 cm³/mol. The van der Waals surface area contributed by atoms with E-state index in [4.69, 9.17) is 4.74 Å². The Hall–Kier alpha value is -1.35. The molecule has 3 nitrogen and oxygen atoms in total. The Labute approximate surface area is 121 Å². The molecule has 0 N–H and O–H groups in total. The number of nitrogens with zero attached hydrogens (tertiary/aromatic N) is 1. The SMILES string of the molecule is O=Cc1ccc(OCCCCCN2CCCCC2)cc1. The van der Waals surface area contributed by atoms with Crippen LogP contribution < -0.4 is 4.74 Å². The van der Waals surface area contributed by atoms with Gasteiger partial charge >= 0.3 is 0 Å². The van der Waals surface area contributed by atoms with Crippen LogP contribution in [0.2, 0.25) is 0 Å². The lowest BCUT2D eigenvalue weighted by molar-refractivity contribution is 0.112. The minimum Gasteiger partial charge on any atom is -0.494 e. The van der Waals surface area contributed by atoms with Gasteiger partial charge in [0.2, 0.25) is 0 Å². The summed E-state index contributed by atoms with van der Waals surface area (Å²) in [5.41, 5.74) is 0.693. The molecule has 110 valence electrons. The molecular formula is C17H25NO2. The molecular weight excluding hydrogens is 250 g/mol. The first-order chi connectivity index (χ1) is 9.88. The monoisotopic (exact) mass is 275 g/mol. The van der Waals surface area contributed by atoms with Crippen LogP contribution in [-0.4, -0.2) is 37.4 Å². The van der Waals surface area contributed by atoms with Gasteiger partial charge in [0, 0.05) is 5.56 Å². The van der Waals surface area contributed by atoms with Gasteiger partial charge < -0.3 is 9.64 Å². The molecule has 20 heavy (non-hydrogen) atoms. The fourth-order valence-electron chi connectivity index (χ4n) is 2.63. The molecule has 0 unspecified atom stereocenters. The molecule has 0 saturated carbocycles. The minimum absolute atomic E-state index is 0.693. The maximum absolute atomic E-state index is 10.5. The molecule has 0 radical (unpaired) electrons. The number of ether oxygens (including phenoxy) is 1. The van der Waals surface area contributed by atoms with Gasteiger partial charge in [-0.2, -0.15) is 0 Å². The van der Waals surface area contributed by atoms with Gasteiger partial charge in [-0.15, -0.1) is 0 Å². The Morgan fingerprint density at radius 1 is 1.00 bits per heavy atom. The summed E-state index contributed by atoms with van der Waals surface area (Å²) < 4.78 is 5.67. The molecule has 1 aromatic carbocycles. The smallest absolute Gasteiger partial charge is 0.150 e. The number of benzene rings is 1. The van der Waals surface area contributed by atoms with Crippen molar-refractivity contribution in [2.45, 2.75) is 38.5 Å². The summed E-state index contributed by atoms with van der Waals surface area (Å²) in [6.07, 6.45) is 8.61. The highest BCUT2D eigenvalue weighted by atomic mass is 16.5. The Kier molecular flexibility index (Phi) is 6.58. The lowest BCUT2D eigenvalue weighted by atomic mass is 10.1. The molecule has 0 amide bonds. The maximum Gasteiger partial charge on any atom is 0.150 e. The molecule has 2 rings (SSSR count). The standard InChI is InChI=1S/C17H25NO2/c19-15-16-7-9-17(10-8-16)20-14-6-2-5-13-18-11-3-1-4-12-18/h7-10,15H,1-6,11-14H2. The van der Waals surface area contributed by atoms with E-state index in [-0.39, 0.29) is 0 Å². The largest absolute Gasteiger partial charge is 0.494 e. The van der Waals surface area contributed by atoms with E-state index in [0.29, 0.717) is 5.56 Å². The van der Waals surface area contributed by atoms with E-state index in [1.54, 1.807) is 12.1 Å².